The minimum Gasteiger partial charge on any atom is -0.294 e. The average molecular weight is 233 g/mol. The molecular weight excluding hydrogens is 219 g/mol. The molecule has 0 N–H and O–H groups in total. The van der Waals surface area contributed by atoms with Crippen molar-refractivity contribution in [2.45, 2.75) is 27.7 Å². The van der Waals surface area contributed by atoms with Crippen LogP contribution in [0.2, 0.25) is 10.0 Å². The normalized spacial score (nSPS) is 9.00. The molecule has 0 saturated heterocycles. The smallest absolute Gasteiger partial charge is 0.161 e. The number of rotatable bonds is 1. The zero-order valence-electron chi connectivity index (χ0n) is 8.82. The molecule has 0 amide bonds. The van der Waals surface area contributed by atoms with Gasteiger partial charge < -0.3 is 0 Å². The Bertz CT molecular complexity index is 332. The standard InChI is InChI=1S/C9H8Cl2O.C2H6/c1-5-7(10)3-4-8(11)9(5)6(2)12;1-2/h3-4H,1-2H3;1-2H3. The fourth-order valence-corrected chi connectivity index (χ4v) is 1.58. The maximum absolute atomic E-state index is 11.1. The fourth-order valence-electron chi connectivity index (χ4n) is 1.09. The highest BCUT2D eigenvalue weighted by Gasteiger charge is 2.10. The van der Waals surface area contributed by atoms with Crippen LogP contribution < -0.4 is 0 Å². The molecule has 0 unspecified atom stereocenters. The summed E-state index contributed by atoms with van der Waals surface area (Å²) in [4.78, 5) is 11.1. The van der Waals surface area contributed by atoms with Gasteiger partial charge in [-0.2, -0.15) is 0 Å². The molecule has 0 aromatic heterocycles. The molecule has 0 spiro atoms. The third-order valence-electron chi connectivity index (χ3n) is 1.70. The van der Waals surface area contributed by atoms with E-state index in [2.05, 4.69) is 0 Å². The molecule has 0 aliphatic heterocycles. The number of Topliss-reactive ketones (excluding diaryl/α,β-unsaturated/α-hetero) is 1. The number of halogens is 2. The Morgan fingerprint density at radius 3 is 1.93 bits per heavy atom. The summed E-state index contributed by atoms with van der Waals surface area (Å²) >= 11 is 11.6. The molecule has 1 rings (SSSR count). The van der Waals surface area contributed by atoms with Gasteiger partial charge in [0.05, 0.1) is 5.02 Å². The number of hydrogen-bond donors (Lipinski definition) is 0. The first kappa shape index (κ1) is 13.5. The quantitative estimate of drug-likeness (QED) is 0.651. The molecule has 0 aliphatic carbocycles. The Morgan fingerprint density at radius 1 is 1.14 bits per heavy atom. The first-order valence-electron chi connectivity index (χ1n) is 4.49. The fraction of sp³-hybridized carbons (Fsp3) is 0.364. The van der Waals surface area contributed by atoms with Gasteiger partial charge in [-0.3, -0.25) is 4.79 Å². The maximum atomic E-state index is 11.1. The van der Waals surface area contributed by atoms with Crippen LogP contribution in [0.5, 0.6) is 0 Å². The van der Waals surface area contributed by atoms with Crippen molar-refractivity contribution in [3.8, 4) is 0 Å². The van der Waals surface area contributed by atoms with Crippen LogP contribution in [-0.2, 0) is 0 Å². The van der Waals surface area contributed by atoms with E-state index in [1.54, 1.807) is 19.1 Å². The van der Waals surface area contributed by atoms with E-state index in [-0.39, 0.29) is 5.78 Å². The van der Waals surface area contributed by atoms with E-state index in [4.69, 9.17) is 23.2 Å². The number of hydrogen-bond acceptors (Lipinski definition) is 1. The van der Waals surface area contributed by atoms with Crippen molar-refractivity contribution < 1.29 is 4.79 Å². The zero-order chi connectivity index (χ0) is 11.3. The summed E-state index contributed by atoms with van der Waals surface area (Å²) in [5.74, 6) is -0.0556. The van der Waals surface area contributed by atoms with Crippen molar-refractivity contribution in [1.29, 1.82) is 0 Å². The molecule has 0 radical (unpaired) electrons. The Morgan fingerprint density at radius 2 is 1.57 bits per heavy atom. The summed E-state index contributed by atoms with van der Waals surface area (Å²) in [5, 5.41) is 1.04. The molecule has 0 atom stereocenters. The minimum absolute atomic E-state index is 0.0556. The van der Waals surface area contributed by atoms with Crippen LogP contribution in [0.4, 0.5) is 0 Å². The van der Waals surface area contributed by atoms with Gasteiger partial charge in [-0.25, -0.2) is 0 Å². The van der Waals surface area contributed by atoms with E-state index in [1.165, 1.54) is 6.92 Å². The van der Waals surface area contributed by atoms with E-state index in [1.807, 2.05) is 13.8 Å². The summed E-state index contributed by atoms with van der Waals surface area (Å²) < 4.78 is 0. The third kappa shape index (κ3) is 3.00. The highest BCUT2D eigenvalue weighted by atomic mass is 35.5. The third-order valence-corrected chi connectivity index (χ3v) is 2.42. The van der Waals surface area contributed by atoms with E-state index < -0.39 is 0 Å². The topological polar surface area (TPSA) is 17.1 Å². The molecule has 0 heterocycles. The van der Waals surface area contributed by atoms with Crippen LogP contribution in [0.25, 0.3) is 0 Å². The molecule has 0 fully saturated rings. The highest BCUT2D eigenvalue weighted by Crippen LogP contribution is 2.26. The van der Waals surface area contributed by atoms with Crippen molar-refractivity contribution >= 4 is 29.0 Å². The highest BCUT2D eigenvalue weighted by molar-refractivity contribution is 6.36. The van der Waals surface area contributed by atoms with Crippen molar-refractivity contribution in [1.82, 2.24) is 0 Å². The summed E-state index contributed by atoms with van der Waals surface area (Å²) in [5.41, 5.74) is 1.26. The molecule has 0 aliphatic rings. The predicted molar refractivity (Wildman–Crippen MR) is 62.6 cm³/mol. The van der Waals surface area contributed by atoms with E-state index in [9.17, 15) is 4.79 Å². The van der Waals surface area contributed by atoms with E-state index in [0.29, 0.717) is 15.6 Å². The van der Waals surface area contributed by atoms with Gasteiger partial charge in [0.15, 0.2) is 5.78 Å². The summed E-state index contributed by atoms with van der Waals surface area (Å²) in [6.45, 7) is 7.26. The summed E-state index contributed by atoms with van der Waals surface area (Å²) in [6.07, 6.45) is 0. The van der Waals surface area contributed by atoms with Crippen LogP contribution >= 0.6 is 23.2 Å². The van der Waals surface area contributed by atoms with E-state index >= 15 is 0 Å². The minimum atomic E-state index is -0.0556. The van der Waals surface area contributed by atoms with Gasteiger partial charge in [0.25, 0.3) is 0 Å². The van der Waals surface area contributed by atoms with Gasteiger partial charge in [0.1, 0.15) is 0 Å². The molecule has 0 saturated carbocycles. The molecule has 0 bridgehead atoms. The lowest BCUT2D eigenvalue weighted by Crippen LogP contribution is -1.97. The van der Waals surface area contributed by atoms with Crippen LogP contribution in [-0.4, -0.2) is 5.78 Å². The van der Waals surface area contributed by atoms with Gasteiger partial charge in [0.2, 0.25) is 0 Å². The maximum Gasteiger partial charge on any atom is 0.161 e. The molecule has 78 valence electrons. The van der Waals surface area contributed by atoms with Gasteiger partial charge in [-0.15, -0.1) is 0 Å². The summed E-state index contributed by atoms with van der Waals surface area (Å²) in [7, 11) is 0. The number of carbonyl (C=O) groups is 1. The lowest BCUT2D eigenvalue weighted by molar-refractivity contribution is 0.101. The lowest BCUT2D eigenvalue weighted by atomic mass is 10.1. The second-order valence-electron chi connectivity index (χ2n) is 2.59. The Labute approximate surface area is 95.0 Å². The second-order valence-corrected chi connectivity index (χ2v) is 3.40. The lowest BCUT2D eigenvalue weighted by Gasteiger charge is -2.05. The monoisotopic (exact) mass is 232 g/mol. The van der Waals surface area contributed by atoms with Crippen LogP contribution in [0.1, 0.15) is 36.7 Å². The Balaban J connectivity index is 0.000000791. The number of carbonyl (C=O) groups excluding carboxylic acids is 1. The van der Waals surface area contributed by atoms with Crippen LogP contribution in [0.3, 0.4) is 0 Å². The first-order chi connectivity index (χ1) is 6.54. The Kier molecular flexibility index (Phi) is 5.82. The van der Waals surface area contributed by atoms with Crippen molar-refractivity contribution in [3.05, 3.63) is 33.3 Å². The van der Waals surface area contributed by atoms with Gasteiger partial charge in [0, 0.05) is 10.6 Å². The summed E-state index contributed by atoms with van der Waals surface area (Å²) in [6, 6.07) is 3.32. The molecule has 1 aromatic rings. The zero-order valence-corrected chi connectivity index (χ0v) is 10.3. The number of ketones is 1. The van der Waals surface area contributed by atoms with Gasteiger partial charge in [-0.1, -0.05) is 37.0 Å². The average Bonchev–Trinajstić information content (AvgIpc) is 2.15. The van der Waals surface area contributed by atoms with Gasteiger partial charge >= 0.3 is 0 Å². The number of benzene rings is 1. The Hall–Kier alpha value is -0.530. The van der Waals surface area contributed by atoms with Gasteiger partial charge in [-0.05, 0) is 31.5 Å². The van der Waals surface area contributed by atoms with Crippen molar-refractivity contribution in [2.24, 2.45) is 0 Å². The molecule has 1 aromatic carbocycles. The first-order valence-corrected chi connectivity index (χ1v) is 5.25. The van der Waals surface area contributed by atoms with Crippen LogP contribution in [0, 0.1) is 6.92 Å². The molecular formula is C11H14Cl2O. The second kappa shape index (κ2) is 6.05. The van der Waals surface area contributed by atoms with Crippen molar-refractivity contribution in [2.75, 3.05) is 0 Å². The molecule has 3 heteroatoms. The largest absolute Gasteiger partial charge is 0.294 e. The van der Waals surface area contributed by atoms with Crippen molar-refractivity contribution in [3.63, 3.8) is 0 Å². The van der Waals surface area contributed by atoms with Crippen LogP contribution in [0.15, 0.2) is 12.1 Å². The molecule has 1 nitrogen and oxygen atoms in total. The predicted octanol–water partition coefficient (Wildman–Crippen LogP) is 4.53. The van der Waals surface area contributed by atoms with E-state index in [0.717, 1.165) is 5.56 Å². The molecule has 14 heavy (non-hydrogen) atoms. The SMILES string of the molecule is CC.CC(=O)c1c(Cl)ccc(Cl)c1C.